The lowest BCUT2D eigenvalue weighted by molar-refractivity contribution is 0.0112. The predicted octanol–water partition coefficient (Wildman–Crippen LogP) is 5.87. The summed E-state index contributed by atoms with van der Waals surface area (Å²) in [7, 11) is 0. The van der Waals surface area contributed by atoms with E-state index in [0.29, 0.717) is 12.8 Å². The highest BCUT2D eigenvalue weighted by Crippen LogP contribution is 2.22. The molecule has 0 aliphatic heterocycles. The molecule has 2 nitrogen and oxygen atoms in total. The Bertz CT molecular complexity index is 498. The van der Waals surface area contributed by atoms with Crippen LogP contribution in [0.1, 0.15) is 46.5 Å². The summed E-state index contributed by atoms with van der Waals surface area (Å²) < 4.78 is 28.8. The fraction of sp³-hybridized carbons (Fsp3) is 0.474. The van der Waals surface area contributed by atoms with E-state index in [-0.39, 0.29) is 6.42 Å². The molecule has 0 radical (unpaired) electrons. The number of unbranched alkanes of at least 4 members (excludes halogenated alkanes) is 1. The Labute approximate surface area is 149 Å². The maximum atomic E-state index is 12.9. The number of nitrogens with one attached hydrogen (secondary N) is 1. The van der Waals surface area contributed by atoms with E-state index in [1.165, 1.54) is 6.20 Å². The molecule has 0 spiro atoms. The Morgan fingerprint density at radius 3 is 2.54 bits per heavy atom. The van der Waals surface area contributed by atoms with Gasteiger partial charge in [-0.25, -0.2) is 8.78 Å². The molecular formula is C19H30F2N2S. The molecule has 0 heterocycles. The van der Waals surface area contributed by atoms with Crippen LogP contribution in [-0.4, -0.2) is 12.2 Å². The van der Waals surface area contributed by atoms with E-state index >= 15 is 0 Å². The third-order valence-electron chi connectivity index (χ3n) is 3.30. The molecule has 0 saturated heterocycles. The van der Waals surface area contributed by atoms with E-state index in [1.54, 1.807) is 11.9 Å². The average Bonchev–Trinajstić information content (AvgIpc) is 2.52. The molecule has 0 aliphatic carbocycles. The second kappa shape index (κ2) is 12.9. The summed E-state index contributed by atoms with van der Waals surface area (Å²) in [5.41, 5.74) is 8.77. The van der Waals surface area contributed by atoms with Crippen molar-refractivity contribution in [3.8, 4) is 0 Å². The van der Waals surface area contributed by atoms with Crippen LogP contribution in [0.5, 0.6) is 0 Å². The summed E-state index contributed by atoms with van der Waals surface area (Å²) in [6, 6.07) is 0. The van der Waals surface area contributed by atoms with Crippen LogP contribution in [-0.2, 0) is 0 Å². The van der Waals surface area contributed by atoms with Gasteiger partial charge in [-0.3, -0.25) is 0 Å². The van der Waals surface area contributed by atoms with E-state index in [0.717, 1.165) is 30.1 Å². The van der Waals surface area contributed by atoms with E-state index in [9.17, 15) is 8.78 Å². The third-order valence-corrected chi connectivity index (χ3v) is 3.66. The van der Waals surface area contributed by atoms with Crippen molar-refractivity contribution in [3.63, 3.8) is 0 Å². The topological polar surface area (TPSA) is 38.0 Å². The molecule has 0 saturated carbocycles. The van der Waals surface area contributed by atoms with Crippen molar-refractivity contribution < 1.29 is 8.78 Å². The molecule has 3 N–H and O–H groups in total. The standard InChI is InChI=1S/C19H30F2N2S/c1-5-17(11-8-9-16(2)15-23-24-4)18(12-14-22)10-6-7-13-19(3,20)21/h5,8-10,12,14-15,23H,6-7,11,13,22H2,1-4H3/b9-8+,14-12-,16-15+,17-5?,18-10+. The second-order valence-corrected chi connectivity index (χ2v) is 6.26. The molecule has 0 bridgehead atoms. The Morgan fingerprint density at radius 2 is 2.00 bits per heavy atom. The van der Waals surface area contributed by atoms with Gasteiger partial charge in [0, 0.05) is 18.9 Å². The van der Waals surface area contributed by atoms with Crippen molar-refractivity contribution in [1.82, 2.24) is 4.72 Å². The second-order valence-electron chi connectivity index (χ2n) is 5.61. The summed E-state index contributed by atoms with van der Waals surface area (Å²) >= 11 is 1.54. The monoisotopic (exact) mass is 356 g/mol. The molecule has 0 aromatic rings. The van der Waals surface area contributed by atoms with Crippen molar-refractivity contribution in [2.75, 3.05) is 6.26 Å². The summed E-state index contributed by atoms with van der Waals surface area (Å²) in [4.78, 5) is 0. The van der Waals surface area contributed by atoms with Crippen LogP contribution in [0.3, 0.4) is 0 Å². The van der Waals surface area contributed by atoms with E-state index in [4.69, 9.17) is 5.73 Å². The first-order valence-corrected chi connectivity index (χ1v) is 9.30. The molecule has 0 aromatic heterocycles. The highest BCUT2D eigenvalue weighted by Gasteiger charge is 2.19. The summed E-state index contributed by atoms with van der Waals surface area (Å²) in [6.45, 7) is 4.96. The van der Waals surface area contributed by atoms with Gasteiger partial charge in [0.25, 0.3) is 0 Å². The van der Waals surface area contributed by atoms with Crippen LogP contribution in [0.2, 0.25) is 0 Å². The van der Waals surface area contributed by atoms with Gasteiger partial charge >= 0.3 is 0 Å². The number of alkyl halides is 2. The number of hydrogen-bond acceptors (Lipinski definition) is 3. The number of halogens is 2. The van der Waals surface area contributed by atoms with Crippen LogP contribution >= 0.6 is 11.9 Å². The highest BCUT2D eigenvalue weighted by atomic mass is 32.2. The molecule has 5 heteroatoms. The zero-order chi connectivity index (χ0) is 18.4. The summed E-state index contributed by atoms with van der Waals surface area (Å²) in [6.07, 6.45) is 17.1. The lowest BCUT2D eigenvalue weighted by Gasteiger charge is -2.09. The van der Waals surface area contributed by atoms with Crippen molar-refractivity contribution in [3.05, 3.63) is 59.5 Å². The number of rotatable bonds is 11. The lowest BCUT2D eigenvalue weighted by atomic mass is 9.99. The fourth-order valence-corrected chi connectivity index (χ4v) is 2.36. The third kappa shape index (κ3) is 12.0. The number of hydrogen-bond donors (Lipinski definition) is 2. The van der Waals surface area contributed by atoms with Crippen LogP contribution in [0.25, 0.3) is 0 Å². The maximum absolute atomic E-state index is 12.9. The first-order valence-electron chi connectivity index (χ1n) is 8.07. The Kier molecular flexibility index (Phi) is 12.1. The molecular weight excluding hydrogens is 326 g/mol. The van der Waals surface area contributed by atoms with E-state index < -0.39 is 5.92 Å². The first-order chi connectivity index (χ1) is 11.3. The minimum atomic E-state index is -2.60. The van der Waals surface area contributed by atoms with Gasteiger partial charge < -0.3 is 10.5 Å². The normalized spacial score (nSPS) is 14.8. The quantitative estimate of drug-likeness (QED) is 0.276. The SMILES string of the molecule is CC=C(C/C=C/C(C)=C/NSC)C(/C=C\N)=C/CCCC(C)(F)F. The van der Waals surface area contributed by atoms with Gasteiger partial charge in [-0.1, -0.05) is 36.3 Å². The summed E-state index contributed by atoms with van der Waals surface area (Å²) in [5.74, 6) is -2.60. The largest absolute Gasteiger partial charge is 0.405 e. The van der Waals surface area contributed by atoms with Crippen LogP contribution in [0.15, 0.2) is 59.5 Å². The number of allylic oxidation sites excluding steroid dienone is 8. The maximum Gasteiger partial charge on any atom is 0.245 e. The van der Waals surface area contributed by atoms with Crippen molar-refractivity contribution in [2.24, 2.45) is 5.73 Å². The lowest BCUT2D eigenvalue weighted by Crippen LogP contribution is -2.08. The zero-order valence-corrected chi connectivity index (χ0v) is 15.9. The molecule has 0 amide bonds. The first kappa shape index (κ1) is 22.5. The summed E-state index contributed by atoms with van der Waals surface area (Å²) in [5, 5.41) is 0. The smallest absolute Gasteiger partial charge is 0.245 e. The van der Waals surface area contributed by atoms with Gasteiger partial charge in [0.2, 0.25) is 5.92 Å². The molecule has 0 aliphatic rings. The van der Waals surface area contributed by atoms with Gasteiger partial charge in [-0.2, -0.15) is 0 Å². The van der Waals surface area contributed by atoms with Gasteiger partial charge in [0.15, 0.2) is 0 Å². The van der Waals surface area contributed by atoms with E-state index in [1.807, 2.05) is 50.6 Å². The average molecular weight is 357 g/mol. The molecule has 0 fully saturated rings. The highest BCUT2D eigenvalue weighted by molar-refractivity contribution is 7.96. The minimum Gasteiger partial charge on any atom is -0.405 e. The molecule has 136 valence electrons. The predicted molar refractivity (Wildman–Crippen MR) is 104 cm³/mol. The molecule has 0 rings (SSSR count). The molecule has 0 unspecified atom stereocenters. The van der Waals surface area contributed by atoms with Gasteiger partial charge in [0.1, 0.15) is 0 Å². The fourth-order valence-electron chi connectivity index (χ4n) is 2.05. The van der Waals surface area contributed by atoms with Crippen LogP contribution in [0, 0.1) is 0 Å². The van der Waals surface area contributed by atoms with Gasteiger partial charge in [-0.15, -0.1) is 0 Å². The zero-order valence-electron chi connectivity index (χ0n) is 15.1. The number of nitrogens with two attached hydrogens (primary N) is 1. The Morgan fingerprint density at radius 1 is 1.29 bits per heavy atom. The Hall–Kier alpha value is -1.49. The molecule has 0 aromatic carbocycles. The van der Waals surface area contributed by atoms with E-state index in [2.05, 4.69) is 10.8 Å². The van der Waals surface area contributed by atoms with Crippen molar-refractivity contribution in [2.45, 2.75) is 52.4 Å². The van der Waals surface area contributed by atoms with Crippen LogP contribution < -0.4 is 10.5 Å². The van der Waals surface area contributed by atoms with Crippen molar-refractivity contribution >= 4 is 11.9 Å². The van der Waals surface area contributed by atoms with Crippen LogP contribution in [0.4, 0.5) is 8.78 Å². The molecule has 24 heavy (non-hydrogen) atoms. The molecule has 0 atom stereocenters. The van der Waals surface area contributed by atoms with Crippen molar-refractivity contribution in [1.29, 1.82) is 0 Å². The van der Waals surface area contributed by atoms with Gasteiger partial charge in [0.05, 0.1) is 0 Å². The minimum absolute atomic E-state index is 0.0966. The Balaban J connectivity index is 4.78. The van der Waals surface area contributed by atoms with Gasteiger partial charge in [-0.05, 0) is 69.0 Å².